The molecule has 0 nitrogen and oxygen atoms in total. The van der Waals surface area contributed by atoms with Gasteiger partial charge in [0.25, 0.3) is 0 Å². The zero-order chi connectivity index (χ0) is 6.91. The first-order valence-corrected chi connectivity index (χ1v) is 3.65. The predicted molar refractivity (Wildman–Crippen MR) is 36.9 cm³/mol. The van der Waals surface area contributed by atoms with Crippen molar-refractivity contribution in [3.05, 3.63) is 5.92 Å². The fraction of sp³-hybridized carbons (Fsp3) is 0.875. The molecular formula is C8H14F. The molecule has 1 heteroatoms. The van der Waals surface area contributed by atoms with Crippen molar-refractivity contribution in [2.75, 3.05) is 0 Å². The largest absolute Gasteiger partial charge is 0.243 e. The maximum Gasteiger partial charge on any atom is 0.116 e. The lowest BCUT2D eigenvalue weighted by molar-refractivity contribution is 0.191. The number of hydrogen-bond acceptors (Lipinski definition) is 0. The SMILES string of the molecule is C[C](C)C1(F)CCCC1. The molecule has 9 heavy (non-hydrogen) atoms. The van der Waals surface area contributed by atoms with Crippen molar-refractivity contribution in [3.8, 4) is 0 Å². The summed E-state index contributed by atoms with van der Waals surface area (Å²) in [6, 6.07) is 0. The van der Waals surface area contributed by atoms with Crippen molar-refractivity contribution in [2.45, 2.75) is 45.2 Å². The van der Waals surface area contributed by atoms with E-state index >= 15 is 0 Å². The molecular weight excluding hydrogens is 115 g/mol. The lowest BCUT2D eigenvalue weighted by Gasteiger charge is -2.22. The smallest absolute Gasteiger partial charge is 0.116 e. The molecule has 0 unspecified atom stereocenters. The Morgan fingerprint density at radius 3 is 1.89 bits per heavy atom. The topological polar surface area (TPSA) is 0 Å². The molecule has 53 valence electrons. The van der Waals surface area contributed by atoms with Gasteiger partial charge in [-0.15, -0.1) is 0 Å². The number of hydrogen-bond donors (Lipinski definition) is 0. The van der Waals surface area contributed by atoms with Crippen LogP contribution in [0.1, 0.15) is 39.5 Å². The van der Waals surface area contributed by atoms with Gasteiger partial charge >= 0.3 is 0 Å². The van der Waals surface area contributed by atoms with Gasteiger partial charge in [-0.3, -0.25) is 0 Å². The van der Waals surface area contributed by atoms with Crippen LogP contribution in [0.25, 0.3) is 0 Å². The van der Waals surface area contributed by atoms with E-state index < -0.39 is 5.67 Å². The van der Waals surface area contributed by atoms with Crippen LogP contribution in [-0.4, -0.2) is 5.67 Å². The molecule has 0 atom stereocenters. The summed E-state index contributed by atoms with van der Waals surface area (Å²) in [5, 5.41) is 0. The second-order valence-corrected chi connectivity index (χ2v) is 3.17. The van der Waals surface area contributed by atoms with Crippen molar-refractivity contribution < 1.29 is 4.39 Å². The minimum absolute atomic E-state index is 0.759. The first kappa shape index (κ1) is 7.04. The van der Waals surface area contributed by atoms with Gasteiger partial charge in [-0.2, -0.15) is 0 Å². The van der Waals surface area contributed by atoms with Crippen molar-refractivity contribution in [2.24, 2.45) is 0 Å². The summed E-state index contributed by atoms with van der Waals surface area (Å²) >= 11 is 0. The molecule has 0 saturated heterocycles. The minimum Gasteiger partial charge on any atom is -0.243 e. The highest BCUT2D eigenvalue weighted by Gasteiger charge is 2.36. The fourth-order valence-corrected chi connectivity index (χ4v) is 1.44. The van der Waals surface area contributed by atoms with E-state index in [0.717, 1.165) is 31.6 Å². The summed E-state index contributed by atoms with van der Waals surface area (Å²) in [5.41, 5.74) is -0.889. The zero-order valence-corrected chi connectivity index (χ0v) is 6.21. The van der Waals surface area contributed by atoms with E-state index in [2.05, 4.69) is 0 Å². The van der Waals surface area contributed by atoms with Gasteiger partial charge in [0, 0.05) is 5.92 Å². The zero-order valence-electron chi connectivity index (χ0n) is 6.21. The molecule has 0 N–H and O–H groups in total. The van der Waals surface area contributed by atoms with Crippen LogP contribution in [0.3, 0.4) is 0 Å². The molecule has 0 aliphatic heterocycles. The molecule has 0 aromatic rings. The van der Waals surface area contributed by atoms with Gasteiger partial charge in [-0.05, 0) is 12.8 Å². The molecule has 1 fully saturated rings. The first-order valence-electron chi connectivity index (χ1n) is 3.65. The lowest BCUT2D eigenvalue weighted by Crippen LogP contribution is -2.23. The molecule has 0 heterocycles. The Bertz CT molecular complexity index is 90.7. The van der Waals surface area contributed by atoms with Crippen molar-refractivity contribution >= 4 is 0 Å². The molecule has 0 aromatic heterocycles. The number of halogens is 1. The monoisotopic (exact) mass is 129 g/mol. The molecule has 1 aliphatic carbocycles. The van der Waals surface area contributed by atoms with E-state index in [0.29, 0.717) is 0 Å². The normalized spacial score (nSPS) is 25.3. The highest BCUT2D eigenvalue weighted by molar-refractivity contribution is 5.04. The van der Waals surface area contributed by atoms with Gasteiger partial charge < -0.3 is 0 Å². The van der Waals surface area contributed by atoms with Crippen molar-refractivity contribution in [1.82, 2.24) is 0 Å². The highest BCUT2D eigenvalue weighted by Crippen LogP contribution is 2.40. The van der Waals surface area contributed by atoms with Crippen LogP contribution in [0, 0.1) is 5.92 Å². The standard InChI is InChI=1S/C8H14F/c1-7(2)8(9)5-3-4-6-8/h3-6H2,1-2H3. The van der Waals surface area contributed by atoms with Crippen LogP contribution >= 0.6 is 0 Å². The molecule has 1 rings (SSSR count). The molecule has 0 bridgehead atoms. The molecule has 0 spiro atoms. The summed E-state index contributed by atoms with van der Waals surface area (Å²) in [6.07, 6.45) is 3.66. The maximum absolute atomic E-state index is 13.4. The van der Waals surface area contributed by atoms with E-state index in [1.807, 2.05) is 13.8 Å². The van der Waals surface area contributed by atoms with Crippen molar-refractivity contribution in [1.29, 1.82) is 0 Å². The van der Waals surface area contributed by atoms with E-state index in [-0.39, 0.29) is 0 Å². The Morgan fingerprint density at radius 1 is 1.22 bits per heavy atom. The second-order valence-electron chi connectivity index (χ2n) is 3.17. The van der Waals surface area contributed by atoms with E-state index in [4.69, 9.17) is 0 Å². The maximum atomic E-state index is 13.4. The summed E-state index contributed by atoms with van der Waals surface area (Å²) < 4.78 is 13.4. The fourth-order valence-electron chi connectivity index (χ4n) is 1.44. The lowest BCUT2D eigenvalue weighted by atomic mass is 9.91. The van der Waals surface area contributed by atoms with Gasteiger partial charge in [0.05, 0.1) is 0 Å². The Hall–Kier alpha value is -0.0700. The van der Waals surface area contributed by atoms with E-state index in [1.165, 1.54) is 0 Å². The molecule has 1 aliphatic rings. The molecule has 1 saturated carbocycles. The third-order valence-electron chi connectivity index (χ3n) is 2.29. The number of rotatable bonds is 1. The van der Waals surface area contributed by atoms with Crippen molar-refractivity contribution in [3.63, 3.8) is 0 Å². The van der Waals surface area contributed by atoms with E-state index in [1.54, 1.807) is 0 Å². The predicted octanol–water partition coefficient (Wildman–Crippen LogP) is 2.88. The van der Waals surface area contributed by atoms with Gasteiger partial charge in [0.15, 0.2) is 0 Å². The average Bonchev–Trinajstić information content (AvgIpc) is 2.16. The highest BCUT2D eigenvalue weighted by atomic mass is 19.1. The Balaban J connectivity index is 2.51. The molecule has 1 radical (unpaired) electrons. The van der Waals surface area contributed by atoms with Crippen LogP contribution in [0.15, 0.2) is 0 Å². The first-order chi connectivity index (χ1) is 4.15. The van der Waals surface area contributed by atoms with Gasteiger partial charge in [0.1, 0.15) is 5.67 Å². The summed E-state index contributed by atoms with van der Waals surface area (Å²) in [5.74, 6) is 0.958. The Kier molecular flexibility index (Phi) is 1.78. The van der Waals surface area contributed by atoms with Gasteiger partial charge in [-0.1, -0.05) is 26.7 Å². The van der Waals surface area contributed by atoms with Crippen LogP contribution < -0.4 is 0 Å². The van der Waals surface area contributed by atoms with Crippen LogP contribution in [-0.2, 0) is 0 Å². The van der Waals surface area contributed by atoms with Crippen LogP contribution in [0.4, 0.5) is 4.39 Å². The third kappa shape index (κ3) is 1.25. The summed E-state index contributed by atoms with van der Waals surface area (Å²) in [4.78, 5) is 0. The van der Waals surface area contributed by atoms with Crippen LogP contribution in [0.2, 0.25) is 0 Å². The summed E-state index contributed by atoms with van der Waals surface area (Å²) in [6.45, 7) is 3.79. The van der Waals surface area contributed by atoms with E-state index in [9.17, 15) is 4.39 Å². The molecule has 0 aromatic carbocycles. The minimum atomic E-state index is -0.889. The Labute approximate surface area is 56.5 Å². The Morgan fingerprint density at radius 2 is 1.67 bits per heavy atom. The quantitative estimate of drug-likeness (QED) is 0.510. The number of alkyl halides is 1. The van der Waals surface area contributed by atoms with Gasteiger partial charge in [0.2, 0.25) is 0 Å². The average molecular weight is 129 g/mol. The van der Waals surface area contributed by atoms with Gasteiger partial charge in [-0.25, -0.2) is 4.39 Å². The summed E-state index contributed by atoms with van der Waals surface area (Å²) in [7, 11) is 0. The second kappa shape index (κ2) is 2.28. The van der Waals surface area contributed by atoms with Crippen LogP contribution in [0.5, 0.6) is 0 Å². The molecule has 0 amide bonds. The third-order valence-corrected chi connectivity index (χ3v) is 2.29.